The van der Waals surface area contributed by atoms with Gasteiger partial charge in [-0.2, -0.15) is 9.78 Å². The Labute approximate surface area is 162 Å². The Balaban J connectivity index is 1.67. The number of hydrogen-bond acceptors (Lipinski definition) is 3. The predicted molar refractivity (Wildman–Crippen MR) is 108 cm³/mol. The molecule has 0 spiro atoms. The first kappa shape index (κ1) is 17.7. The summed E-state index contributed by atoms with van der Waals surface area (Å²) in [6.07, 6.45) is 0. The van der Waals surface area contributed by atoms with Crippen molar-refractivity contribution in [1.29, 1.82) is 0 Å². The van der Waals surface area contributed by atoms with Gasteiger partial charge in [0.15, 0.2) is 0 Å². The van der Waals surface area contributed by atoms with Gasteiger partial charge in [-0.25, -0.2) is 4.39 Å². The molecule has 0 bridgehead atoms. The maximum absolute atomic E-state index is 13.1. The van der Waals surface area contributed by atoms with Crippen molar-refractivity contribution < 1.29 is 9.18 Å². The molecule has 1 aromatic heterocycles. The van der Waals surface area contributed by atoms with E-state index < -0.39 is 0 Å². The summed E-state index contributed by atoms with van der Waals surface area (Å²) in [7, 11) is 0. The second-order valence-electron chi connectivity index (χ2n) is 6.34. The minimum Gasteiger partial charge on any atom is -0.366 e. The molecular formula is C23H18FN3O. The van der Waals surface area contributed by atoms with Crippen LogP contribution in [0.2, 0.25) is 0 Å². The highest BCUT2D eigenvalue weighted by atomic mass is 19.1. The average Bonchev–Trinajstić information content (AvgIpc) is 3.18. The fraction of sp³-hybridized carbons (Fsp3) is 0.0435. The van der Waals surface area contributed by atoms with Crippen LogP contribution in [0.1, 0.15) is 15.9 Å². The minimum absolute atomic E-state index is 0.218. The summed E-state index contributed by atoms with van der Waals surface area (Å²) in [4.78, 5) is 13.0. The van der Waals surface area contributed by atoms with Gasteiger partial charge in [0, 0.05) is 23.7 Å². The molecule has 4 nitrogen and oxygen atoms in total. The van der Waals surface area contributed by atoms with Gasteiger partial charge in [0.05, 0.1) is 5.69 Å². The Morgan fingerprint density at radius 2 is 1.54 bits per heavy atom. The third kappa shape index (κ3) is 3.83. The van der Waals surface area contributed by atoms with Crippen molar-refractivity contribution in [3.05, 3.63) is 108 Å². The number of benzene rings is 3. The molecule has 4 aromatic rings. The summed E-state index contributed by atoms with van der Waals surface area (Å²) in [5, 5.41) is 7.77. The number of nitrogens with zero attached hydrogens (tertiary/aromatic N) is 2. The van der Waals surface area contributed by atoms with E-state index in [0.717, 1.165) is 11.1 Å². The van der Waals surface area contributed by atoms with Crippen LogP contribution in [0.5, 0.6) is 0 Å². The van der Waals surface area contributed by atoms with Crippen LogP contribution in [0.3, 0.4) is 0 Å². The molecule has 0 fully saturated rings. The molecule has 0 atom stereocenters. The summed E-state index contributed by atoms with van der Waals surface area (Å²) in [5.41, 5.74) is 3.08. The van der Waals surface area contributed by atoms with Gasteiger partial charge in [0.2, 0.25) is 0 Å². The molecule has 0 aliphatic heterocycles. The maximum atomic E-state index is 13.1. The maximum Gasteiger partial charge on any atom is 0.280 e. The molecular weight excluding hydrogens is 353 g/mol. The molecule has 138 valence electrons. The lowest BCUT2D eigenvalue weighted by molar-refractivity contribution is 0.0948. The Kier molecular flexibility index (Phi) is 4.97. The van der Waals surface area contributed by atoms with Crippen LogP contribution in [0, 0.1) is 5.82 Å². The molecule has 4 rings (SSSR count). The van der Waals surface area contributed by atoms with Crippen LogP contribution in [0.4, 0.5) is 10.2 Å². The molecule has 0 unspecified atom stereocenters. The van der Waals surface area contributed by atoms with Crippen LogP contribution in [-0.2, 0) is 6.54 Å². The molecule has 0 amide bonds. The van der Waals surface area contributed by atoms with E-state index in [2.05, 4.69) is 10.4 Å². The van der Waals surface area contributed by atoms with Crippen LogP contribution in [0.15, 0.2) is 91.0 Å². The Bertz CT molecular complexity index is 1070. The van der Waals surface area contributed by atoms with Crippen LogP contribution in [0.25, 0.3) is 11.3 Å². The zero-order valence-corrected chi connectivity index (χ0v) is 15.0. The molecule has 5 heteroatoms. The van der Waals surface area contributed by atoms with Crippen LogP contribution in [-0.4, -0.2) is 15.7 Å². The number of nitrogens with one attached hydrogen (secondary N) is 1. The third-order valence-corrected chi connectivity index (χ3v) is 4.38. The quantitative estimate of drug-likeness (QED) is 0.538. The largest absolute Gasteiger partial charge is 0.366 e. The summed E-state index contributed by atoms with van der Waals surface area (Å²) in [6.45, 7) is 0.447. The lowest BCUT2D eigenvalue weighted by atomic mass is 10.1. The molecule has 1 N–H and O–H groups in total. The standard InChI is InChI=1S/C23H18FN3O/c24-20-13-11-17(12-14-20)16-25-22-15-21(18-7-3-1-4-8-18)26-27(22)23(28)19-9-5-2-6-10-19/h1-15,25H,16H2. The second kappa shape index (κ2) is 7.88. The lowest BCUT2D eigenvalue weighted by Crippen LogP contribution is -2.17. The molecule has 0 aliphatic carbocycles. The minimum atomic E-state index is -0.278. The van der Waals surface area contributed by atoms with E-state index in [0.29, 0.717) is 23.6 Å². The zero-order valence-electron chi connectivity index (χ0n) is 15.0. The molecule has 0 aliphatic rings. The van der Waals surface area contributed by atoms with Gasteiger partial charge in [-0.15, -0.1) is 0 Å². The topological polar surface area (TPSA) is 46.9 Å². The number of rotatable bonds is 5. The van der Waals surface area contributed by atoms with Crippen molar-refractivity contribution in [1.82, 2.24) is 9.78 Å². The summed E-state index contributed by atoms with van der Waals surface area (Å²) in [5.74, 6) is 0.0841. The number of carbonyl (C=O) groups is 1. The fourth-order valence-corrected chi connectivity index (χ4v) is 2.91. The number of carbonyl (C=O) groups excluding carboxylic acids is 1. The number of hydrogen-bond donors (Lipinski definition) is 1. The van der Waals surface area contributed by atoms with Crippen molar-refractivity contribution in [2.45, 2.75) is 6.54 Å². The van der Waals surface area contributed by atoms with Crippen molar-refractivity contribution in [2.75, 3.05) is 5.32 Å². The Morgan fingerprint density at radius 1 is 0.893 bits per heavy atom. The van der Waals surface area contributed by atoms with Gasteiger partial charge in [0.1, 0.15) is 11.6 Å². The van der Waals surface area contributed by atoms with E-state index in [1.165, 1.54) is 16.8 Å². The van der Waals surface area contributed by atoms with Crippen LogP contribution >= 0.6 is 0 Å². The van der Waals surface area contributed by atoms with Gasteiger partial charge in [-0.3, -0.25) is 4.79 Å². The van der Waals surface area contributed by atoms with Gasteiger partial charge in [-0.1, -0.05) is 60.7 Å². The Morgan fingerprint density at radius 3 is 2.21 bits per heavy atom. The van der Waals surface area contributed by atoms with E-state index in [4.69, 9.17) is 0 Å². The van der Waals surface area contributed by atoms with Crippen molar-refractivity contribution >= 4 is 11.7 Å². The summed E-state index contributed by atoms with van der Waals surface area (Å²) >= 11 is 0. The normalized spacial score (nSPS) is 10.6. The van der Waals surface area contributed by atoms with E-state index in [9.17, 15) is 9.18 Å². The monoisotopic (exact) mass is 371 g/mol. The van der Waals surface area contributed by atoms with Gasteiger partial charge in [0.25, 0.3) is 5.91 Å². The highest BCUT2D eigenvalue weighted by Gasteiger charge is 2.17. The van der Waals surface area contributed by atoms with E-state index in [-0.39, 0.29) is 11.7 Å². The molecule has 28 heavy (non-hydrogen) atoms. The first-order valence-electron chi connectivity index (χ1n) is 8.94. The van der Waals surface area contributed by atoms with E-state index >= 15 is 0 Å². The van der Waals surface area contributed by atoms with Crippen molar-refractivity contribution in [3.63, 3.8) is 0 Å². The van der Waals surface area contributed by atoms with E-state index in [1.807, 2.05) is 54.6 Å². The first-order chi connectivity index (χ1) is 13.7. The number of anilines is 1. The van der Waals surface area contributed by atoms with Crippen LogP contribution < -0.4 is 5.32 Å². The highest BCUT2D eigenvalue weighted by molar-refractivity contribution is 5.97. The smallest absolute Gasteiger partial charge is 0.280 e. The van der Waals surface area contributed by atoms with Gasteiger partial charge in [-0.05, 0) is 29.8 Å². The highest BCUT2D eigenvalue weighted by Crippen LogP contribution is 2.23. The Hall–Kier alpha value is -3.73. The average molecular weight is 371 g/mol. The van der Waals surface area contributed by atoms with Gasteiger partial charge < -0.3 is 5.32 Å². The fourth-order valence-electron chi connectivity index (χ4n) is 2.91. The van der Waals surface area contributed by atoms with Crippen molar-refractivity contribution in [3.8, 4) is 11.3 Å². The lowest BCUT2D eigenvalue weighted by Gasteiger charge is -2.09. The first-order valence-corrected chi connectivity index (χ1v) is 8.94. The predicted octanol–water partition coefficient (Wildman–Crippen LogP) is 4.99. The molecule has 0 radical (unpaired) electrons. The molecule has 0 saturated carbocycles. The number of halogens is 1. The SMILES string of the molecule is O=C(c1ccccc1)n1nc(-c2ccccc2)cc1NCc1ccc(F)cc1. The molecule has 3 aromatic carbocycles. The van der Waals surface area contributed by atoms with Crippen molar-refractivity contribution in [2.24, 2.45) is 0 Å². The molecule has 0 saturated heterocycles. The van der Waals surface area contributed by atoms with E-state index in [1.54, 1.807) is 24.3 Å². The number of aromatic nitrogens is 2. The summed E-state index contributed by atoms with van der Waals surface area (Å²) in [6, 6.07) is 26.8. The zero-order chi connectivity index (χ0) is 19.3. The van der Waals surface area contributed by atoms with Gasteiger partial charge >= 0.3 is 0 Å². The second-order valence-corrected chi connectivity index (χ2v) is 6.34. The summed E-state index contributed by atoms with van der Waals surface area (Å²) < 4.78 is 14.5. The molecule has 1 heterocycles. The third-order valence-electron chi connectivity index (χ3n) is 4.38.